The van der Waals surface area contributed by atoms with Crippen LogP contribution in [0.4, 0.5) is 0 Å². The number of nitrogens with one attached hydrogen (secondary N) is 1. The lowest BCUT2D eigenvalue weighted by Crippen LogP contribution is -2.45. The highest BCUT2D eigenvalue weighted by atomic mass is 16.5. The van der Waals surface area contributed by atoms with Gasteiger partial charge < -0.3 is 15.2 Å². The highest BCUT2D eigenvalue weighted by molar-refractivity contribution is 5.83. The van der Waals surface area contributed by atoms with Gasteiger partial charge in [-0.25, -0.2) is 4.79 Å². The summed E-state index contributed by atoms with van der Waals surface area (Å²) in [4.78, 5) is 22.6. The fourth-order valence-corrected chi connectivity index (χ4v) is 1.96. The number of hydrogen-bond donors (Lipinski definition) is 2. The summed E-state index contributed by atoms with van der Waals surface area (Å²) in [6.45, 7) is 4.97. The van der Waals surface area contributed by atoms with Gasteiger partial charge in [0, 0.05) is 19.6 Å². The molecule has 0 aromatic rings. The summed E-state index contributed by atoms with van der Waals surface area (Å²) in [5.41, 5.74) is 0. The fraction of sp³-hybridized carbons (Fsp3) is 0.833. The van der Waals surface area contributed by atoms with Crippen LogP contribution in [-0.4, -0.2) is 36.2 Å². The molecule has 0 aromatic heterocycles. The Balaban J connectivity index is 2.38. The van der Waals surface area contributed by atoms with E-state index in [1.807, 2.05) is 0 Å². The Morgan fingerprint density at radius 2 is 1.94 bits per heavy atom. The first kappa shape index (κ1) is 14.0. The molecule has 2 N–H and O–H groups in total. The molecule has 0 aliphatic carbocycles. The van der Waals surface area contributed by atoms with Crippen molar-refractivity contribution in [2.45, 2.75) is 39.2 Å². The molecule has 0 bridgehead atoms. The van der Waals surface area contributed by atoms with E-state index in [9.17, 15) is 9.59 Å². The van der Waals surface area contributed by atoms with E-state index in [1.165, 1.54) is 0 Å². The van der Waals surface area contributed by atoms with Gasteiger partial charge in [-0.1, -0.05) is 13.8 Å². The van der Waals surface area contributed by atoms with Crippen molar-refractivity contribution in [1.82, 2.24) is 5.32 Å². The number of ether oxygens (including phenoxy) is 1. The number of carboxylic acids is 1. The molecule has 0 aromatic carbocycles. The molecule has 0 unspecified atom stereocenters. The van der Waals surface area contributed by atoms with Crippen molar-refractivity contribution in [2.24, 2.45) is 11.8 Å². The molecule has 98 valence electrons. The molecule has 1 atom stereocenters. The second-order valence-corrected chi connectivity index (χ2v) is 4.89. The van der Waals surface area contributed by atoms with Crippen LogP contribution in [0.5, 0.6) is 0 Å². The standard InChI is InChI=1S/C12H21NO4/c1-8(2)11(12(15)16)13-10(14)7-9-3-5-17-6-4-9/h8-9,11H,3-7H2,1-2H3,(H,13,14)(H,15,16)/t11-/m1/s1. The second kappa shape index (κ2) is 6.59. The normalized spacial score (nSPS) is 19.0. The smallest absolute Gasteiger partial charge is 0.326 e. The van der Waals surface area contributed by atoms with Gasteiger partial charge in [-0.3, -0.25) is 4.79 Å². The Bertz CT molecular complexity index is 272. The zero-order chi connectivity index (χ0) is 12.8. The molecule has 1 fully saturated rings. The van der Waals surface area contributed by atoms with Crippen LogP contribution in [0, 0.1) is 11.8 Å². The van der Waals surface area contributed by atoms with Crippen molar-refractivity contribution in [2.75, 3.05) is 13.2 Å². The summed E-state index contributed by atoms with van der Waals surface area (Å²) in [6.07, 6.45) is 2.17. The number of aliphatic carboxylic acids is 1. The highest BCUT2D eigenvalue weighted by Crippen LogP contribution is 2.18. The molecule has 17 heavy (non-hydrogen) atoms. The van der Waals surface area contributed by atoms with Crippen LogP contribution in [0.2, 0.25) is 0 Å². The Kier molecular flexibility index (Phi) is 5.41. The van der Waals surface area contributed by atoms with Gasteiger partial charge in [0.25, 0.3) is 0 Å². The average molecular weight is 243 g/mol. The average Bonchev–Trinajstić information content (AvgIpc) is 2.26. The van der Waals surface area contributed by atoms with Crippen LogP contribution in [0.25, 0.3) is 0 Å². The topological polar surface area (TPSA) is 75.6 Å². The molecule has 1 heterocycles. The van der Waals surface area contributed by atoms with Crippen LogP contribution >= 0.6 is 0 Å². The van der Waals surface area contributed by atoms with Crippen LogP contribution in [-0.2, 0) is 14.3 Å². The van der Waals surface area contributed by atoms with Crippen molar-refractivity contribution in [3.05, 3.63) is 0 Å². The molecular formula is C12H21NO4. The minimum atomic E-state index is -0.972. The zero-order valence-corrected chi connectivity index (χ0v) is 10.4. The van der Waals surface area contributed by atoms with Crippen molar-refractivity contribution >= 4 is 11.9 Å². The third-order valence-electron chi connectivity index (χ3n) is 3.06. The number of amides is 1. The van der Waals surface area contributed by atoms with E-state index >= 15 is 0 Å². The van der Waals surface area contributed by atoms with Gasteiger partial charge in [0.1, 0.15) is 6.04 Å². The second-order valence-electron chi connectivity index (χ2n) is 4.89. The number of carbonyl (C=O) groups excluding carboxylic acids is 1. The van der Waals surface area contributed by atoms with Crippen LogP contribution in [0.15, 0.2) is 0 Å². The van der Waals surface area contributed by atoms with Gasteiger partial charge >= 0.3 is 5.97 Å². The van der Waals surface area contributed by atoms with Gasteiger partial charge in [0.15, 0.2) is 0 Å². The first-order chi connectivity index (χ1) is 8.00. The fourth-order valence-electron chi connectivity index (χ4n) is 1.96. The maximum atomic E-state index is 11.7. The zero-order valence-electron chi connectivity index (χ0n) is 10.4. The van der Waals surface area contributed by atoms with Gasteiger partial charge in [-0.15, -0.1) is 0 Å². The molecule has 5 heteroatoms. The lowest BCUT2D eigenvalue weighted by atomic mass is 9.95. The van der Waals surface area contributed by atoms with Gasteiger partial charge in [0.2, 0.25) is 5.91 Å². The van der Waals surface area contributed by atoms with Crippen molar-refractivity contribution in [1.29, 1.82) is 0 Å². The van der Waals surface area contributed by atoms with E-state index in [4.69, 9.17) is 9.84 Å². The predicted octanol–water partition coefficient (Wildman–Crippen LogP) is 1.03. The molecule has 1 rings (SSSR count). The molecule has 1 aliphatic heterocycles. The minimum Gasteiger partial charge on any atom is -0.480 e. The van der Waals surface area contributed by atoms with Gasteiger partial charge in [-0.2, -0.15) is 0 Å². The molecule has 1 amide bonds. The SMILES string of the molecule is CC(C)[C@@H](NC(=O)CC1CCOCC1)C(=O)O. The molecule has 0 saturated carbocycles. The highest BCUT2D eigenvalue weighted by Gasteiger charge is 2.25. The van der Waals surface area contributed by atoms with E-state index in [0.29, 0.717) is 25.6 Å². The van der Waals surface area contributed by atoms with E-state index in [-0.39, 0.29) is 11.8 Å². The van der Waals surface area contributed by atoms with Crippen molar-refractivity contribution in [3.8, 4) is 0 Å². The van der Waals surface area contributed by atoms with E-state index in [2.05, 4.69) is 5.32 Å². The third kappa shape index (κ3) is 4.73. The third-order valence-corrected chi connectivity index (χ3v) is 3.06. The quantitative estimate of drug-likeness (QED) is 0.756. The minimum absolute atomic E-state index is 0.105. The molecule has 0 radical (unpaired) electrons. The van der Waals surface area contributed by atoms with Crippen LogP contribution in [0.1, 0.15) is 33.1 Å². The lowest BCUT2D eigenvalue weighted by molar-refractivity contribution is -0.143. The Morgan fingerprint density at radius 3 is 2.41 bits per heavy atom. The summed E-state index contributed by atoms with van der Waals surface area (Å²) >= 11 is 0. The molecule has 1 saturated heterocycles. The summed E-state index contributed by atoms with van der Waals surface area (Å²) in [6, 6.07) is -0.789. The molecule has 5 nitrogen and oxygen atoms in total. The lowest BCUT2D eigenvalue weighted by Gasteiger charge is -2.23. The molecule has 1 aliphatic rings. The number of carbonyl (C=O) groups is 2. The first-order valence-corrected chi connectivity index (χ1v) is 6.10. The summed E-state index contributed by atoms with van der Waals surface area (Å²) in [5.74, 6) is -0.921. The summed E-state index contributed by atoms with van der Waals surface area (Å²) in [7, 11) is 0. The maximum absolute atomic E-state index is 11.7. The first-order valence-electron chi connectivity index (χ1n) is 6.10. The number of hydrogen-bond acceptors (Lipinski definition) is 3. The van der Waals surface area contributed by atoms with Crippen LogP contribution < -0.4 is 5.32 Å². The maximum Gasteiger partial charge on any atom is 0.326 e. The molecular weight excluding hydrogens is 222 g/mol. The van der Waals surface area contributed by atoms with Crippen molar-refractivity contribution in [3.63, 3.8) is 0 Å². The monoisotopic (exact) mass is 243 g/mol. The van der Waals surface area contributed by atoms with E-state index < -0.39 is 12.0 Å². The summed E-state index contributed by atoms with van der Waals surface area (Å²) < 4.78 is 5.21. The van der Waals surface area contributed by atoms with Gasteiger partial charge in [-0.05, 0) is 24.7 Å². The Morgan fingerprint density at radius 1 is 1.35 bits per heavy atom. The Labute approximate surface area is 102 Å². The van der Waals surface area contributed by atoms with Gasteiger partial charge in [0.05, 0.1) is 0 Å². The largest absolute Gasteiger partial charge is 0.480 e. The molecule has 0 spiro atoms. The number of rotatable bonds is 5. The van der Waals surface area contributed by atoms with E-state index in [0.717, 1.165) is 12.8 Å². The predicted molar refractivity (Wildman–Crippen MR) is 62.6 cm³/mol. The Hall–Kier alpha value is -1.10. The van der Waals surface area contributed by atoms with E-state index in [1.54, 1.807) is 13.8 Å². The van der Waals surface area contributed by atoms with Crippen molar-refractivity contribution < 1.29 is 19.4 Å². The van der Waals surface area contributed by atoms with Crippen LogP contribution in [0.3, 0.4) is 0 Å². The summed E-state index contributed by atoms with van der Waals surface area (Å²) in [5, 5.41) is 11.5. The number of carboxylic acid groups (broad SMARTS) is 1.